The van der Waals surface area contributed by atoms with E-state index >= 15 is 0 Å². The van der Waals surface area contributed by atoms with Crippen molar-refractivity contribution in [1.29, 1.82) is 0 Å². The van der Waals surface area contributed by atoms with Crippen LogP contribution in [-0.2, 0) is 46.3 Å². The zero-order chi connectivity index (χ0) is 55.1. The number of rotatable bonds is 26. The van der Waals surface area contributed by atoms with Gasteiger partial charge in [0.25, 0.3) is 5.91 Å². The molecule has 16 nitrogen and oxygen atoms in total. The Kier molecular flexibility index (Phi) is 21.1. The number of esters is 1. The lowest BCUT2D eigenvalue weighted by Crippen LogP contribution is -2.59. The standard InChI is InChI=1S/C59H74N6O10S/c1-9-17-45(61-55(69)46(31-38-26-25-37(7)40(30-38)33-66)63-58(72)52-43-20-12-11-18-39(43)27-28-49(52)75-10-2)59(73)65-29-16-22-48(65)57(71)62-47(32-41-34-76-50-23-14-13-19-42(41)50)56(70)60-44(21-15-24-51(67)74-8)54(68)64-53(35(3)4)36(5)6/h11-14,18-20,23,25-28,30,33-36,44-48,53H,9-10,15-17,21-22,24,29,31-32H2,1-8H3,(H,60,70)(H,61,69)(H,62,71)(H,63,72)(H,64,68)/t44-,45-,46-,47-,48-/m0/s1. The molecule has 0 bridgehead atoms. The second-order valence-corrected chi connectivity index (χ2v) is 21.2. The maximum absolute atomic E-state index is 14.8. The van der Waals surface area contributed by atoms with E-state index in [9.17, 15) is 38.4 Å². The summed E-state index contributed by atoms with van der Waals surface area (Å²) < 4.78 is 11.7. The normalized spacial score (nSPS) is 15.0. The molecule has 1 aromatic heterocycles. The predicted octanol–water partition coefficient (Wildman–Crippen LogP) is 7.54. The molecule has 1 saturated heterocycles. The second kappa shape index (κ2) is 27.6. The number of hydrogen-bond donors (Lipinski definition) is 5. The number of nitrogens with zero attached hydrogens (tertiary/aromatic N) is 1. The minimum absolute atomic E-state index is 0.0259. The summed E-state index contributed by atoms with van der Waals surface area (Å²) in [4.78, 5) is 113. The summed E-state index contributed by atoms with van der Waals surface area (Å²) in [6.07, 6.45) is 2.62. The molecule has 6 rings (SSSR count). The number of carbonyl (C=O) groups excluding carboxylic acids is 8. The number of methoxy groups -OCH3 is 1. The van der Waals surface area contributed by atoms with Crippen molar-refractivity contribution in [2.75, 3.05) is 20.3 Å². The Bertz CT molecular complexity index is 2870. The molecular weight excluding hydrogens is 985 g/mol. The molecule has 0 spiro atoms. The van der Waals surface area contributed by atoms with Crippen LogP contribution in [-0.4, -0.2) is 109 Å². The van der Waals surface area contributed by atoms with Gasteiger partial charge in [-0.2, -0.15) is 0 Å². The topological polar surface area (TPSA) is 218 Å². The molecule has 406 valence electrons. The molecule has 5 aromatic rings. The summed E-state index contributed by atoms with van der Waals surface area (Å²) in [6.45, 7) is 14.0. The lowest BCUT2D eigenvalue weighted by molar-refractivity contribution is -0.142. The number of amides is 6. The first-order valence-corrected chi connectivity index (χ1v) is 27.4. The van der Waals surface area contributed by atoms with Gasteiger partial charge in [-0.05, 0) is 114 Å². The van der Waals surface area contributed by atoms with Crippen LogP contribution in [0.5, 0.6) is 5.75 Å². The second-order valence-electron chi connectivity index (χ2n) is 20.2. The highest BCUT2D eigenvalue weighted by Gasteiger charge is 2.40. The number of carbonyl (C=O) groups is 8. The number of benzene rings is 4. The van der Waals surface area contributed by atoms with Gasteiger partial charge in [0.2, 0.25) is 29.5 Å². The number of likely N-dealkylation sites (tertiary alicyclic amines) is 1. The minimum atomic E-state index is -1.23. The molecule has 2 heterocycles. The van der Waals surface area contributed by atoms with E-state index in [1.165, 1.54) is 23.3 Å². The molecular formula is C59H74N6O10S. The van der Waals surface area contributed by atoms with Crippen molar-refractivity contribution in [1.82, 2.24) is 31.5 Å². The summed E-state index contributed by atoms with van der Waals surface area (Å²) >= 11 is 1.50. The molecule has 0 saturated carbocycles. The smallest absolute Gasteiger partial charge is 0.305 e. The van der Waals surface area contributed by atoms with Crippen molar-refractivity contribution in [3.63, 3.8) is 0 Å². The molecule has 6 amide bonds. The van der Waals surface area contributed by atoms with Crippen LogP contribution in [0.15, 0.2) is 84.2 Å². The summed E-state index contributed by atoms with van der Waals surface area (Å²) in [5.74, 6) is -3.26. The van der Waals surface area contributed by atoms with Gasteiger partial charge in [0.05, 0.1) is 19.3 Å². The summed E-state index contributed by atoms with van der Waals surface area (Å²) in [7, 11) is 1.29. The third kappa shape index (κ3) is 14.8. The van der Waals surface area contributed by atoms with E-state index in [1.54, 1.807) is 37.3 Å². The SMILES string of the molecule is CCC[C@H](NC(=O)[C@H](Cc1ccc(C)c(C=O)c1)NC(=O)c1c(OCC)ccc2ccccc12)C(=O)N1CCC[C@H]1C(=O)N[C@@H](Cc1csc2ccccc12)C(=O)N[C@@H](CCCC(=O)OC)C(=O)NC(C(C)C)C(C)C. The third-order valence-corrected chi connectivity index (χ3v) is 15.1. The fraction of sp³-hybridized carbons (Fsp3) is 0.458. The lowest BCUT2D eigenvalue weighted by atomic mass is 9.92. The number of nitrogens with one attached hydrogen (secondary N) is 5. The molecule has 1 aliphatic heterocycles. The van der Waals surface area contributed by atoms with Gasteiger partial charge >= 0.3 is 5.97 Å². The Morgan fingerprint density at radius 3 is 2.11 bits per heavy atom. The van der Waals surface area contributed by atoms with E-state index in [-0.39, 0.29) is 81.5 Å². The average molecular weight is 1060 g/mol. The van der Waals surface area contributed by atoms with Crippen LogP contribution in [0, 0.1) is 18.8 Å². The molecule has 5 atom stereocenters. The van der Waals surface area contributed by atoms with Crippen molar-refractivity contribution >= 4 is 79.9 Å². The predicted molar refractivity (Wildman–Crippen MR) is 295 cm³/mol. The van der Waals surface area contributed by atoms with Crippen LogP contribution in [0.25, 0.3) is 20.9 Å². The molecule has 1 aliphatic rings. The number of hydrogen-bond acceptors (Lipinski definition) is 11. The zero-order valence-electron chi connectivity index (χ0n) is 45.0. The fourth-order valence-corrected chi connectivity index (χ4v) is 11.0. The average Bonchev–Trinajstić information content (AvgIpc) is 4.07. The quantitative estimate of drug-likeness (QED) is 0.0271. The monoisotopic (exact) mass is 1060 g/mol. The van der Waals surface area contributed by atoms with Gasteiger partial charge in [-0.3, -0.25) is 38.4 Å². The maximum Gasteiger partial charge on any atom is 0.305 e. The Morgan fingerprint density at radius 1 is 0.750 bits per heavy atom. The van der Waals surface area contributed by atoms with Gasteiger partial charge in [-0.15, -0.1) is 11.3 Å². The maximum atomic E-state index is 14.8. The third-order valence-electron chi connectivity index (χ3n) is 14.1. The molecule has 0 aliphatic carbocycles. The minimum Gasteiger partial charge on any atom is -0.493 e. The number of fused-ring (bicyclic) bond motifs is 2. The number of aldehydes is 1. The van der Waals surface area contributed by atoms with Crippen LogP contribution in [0.3, 0.4) is 0 Å². The highest BCUT2D eigenvalue weighted by molar-refractivity contribution is 7.17. The highest BCUT2D eigenvalue weighted by Crippen LogP contribution is 2.30. The van der Waals surface area contributed by atoms with Crippen LogP contribution in [0.1, 0.15) is 124 Å². The first-order valence-electron chi connectivity index (χ1n) is 26.5. The van der Waals surface area contributed by atoms with Crippen molar-refractivity contribution in [2.24, 2.45) is 11.8 Å². The largest absolute Gasteiger partial charge is 0.493 e. The molecule has 76 heavy (non-hydrogen) atoms. The van der Waals surface area contributed by atoms with Gasteiger partial charge in [0.15, 0.2) is 0 Å². The van der Waals surface area contributed by atoms with E-state index in [0.29, 0.717) is 35.1 Å². The van der Waals surface area contributed by atoms with Crippen molar-refractivity contribution in [3.05, 3.63) is 112 Å². The van der Waals surface area contributed by atoms with E-state index in [0.717, 1.165) is 32.9 Å². The number of aryl methyl sites for hydroxylation is 1. The van der Waals surface area contributed by atoms with Gasteiger partial charge in [0.1, 0.15) is 42.2 Å². The van der Waals surface area contributed by atoms with E-state index < -0.39 is 71.6 Å². The lowest BCUT2D eigenvalue weighted by Gasteiger charge is -2.31. The summed E-state index contributed by atoms with van der Waals surface area (Å²) in [5, 5.41) is 19.1. The van der Waals surface area contributed by atoms with Gasteiger partial charge in [0, 0.05) is 42.1 Å². The first kappa shape index (κ1) is 58.1. The van der Waals surface area contributed by atoms with Crippen LogP contribution in [0.4, 0.5) is 0 Å². The number of thiophene rings is 1. The first-order chi connectivity index (χ1) is 36.5. The van der Waals surface area contributed by atoms with Crippen LogP contribution < -0.4 is 31.3 Å². The van der Waals surface area contributed by atoms with E-state index in [4.69, 9.17) is 9.47 Å². The number of ether oxygens (including phenoxy) is 2. The Hall–Kier alpha value is -7.14. The van der Waals surface area contributed by atoms with E-state index in [1.807, 2.05) is 95.5 Å². The highest BCUT2D eigenvalue weighted by atomic mass is 32.1. The van der Waals surface area contributed by atoms with Gasteiger partial charge in [-0.25, -0.2) is 0 Å². The van der Waals surface area contributed by atoms with E-state index in [2.05, 4.69) is 26.6 Å². The Labute approximate surface area is 449 Å². The van der Waals surface area contributed by atoms with Crippen LogP contribution in [0.2, 0.25) is 0 Å². The van der Waals surface area contributed by atoms with Gasteiger partial charge < -0.3 is 41.0 Å². The fourth-order valence-electron chi connectivity index (χ4n) is 10.1. The van der Waals surface area contributed by atoms with Crippen molar-refractivity contribution in [3.8, 4) is 5.75 Å². The summed E-state index contributed by atoms with van der Waals surface area (Å²) in [6, 6.07) is 18.1. The van der Waals surface area contributed by atoms with Crippen LogP contribution >= 0.6 is 11.3 Å². The molecule has 1 fully saturated rings. The van der Waals surface area contributed by atoms with Crippen molar-refractivity contribution < 1.29 is 47.8 Å². The molecule has 0 radical (unpaired) electrons. The zero-order valence-corrected chi connectivity index (χ0v) is 45.8. The van der Waals surface area contributed by atoms with Gasteiger partial charge in [-0.1, -0.05) is 102 Å². The Morgan fingerprint density at radius 2 is 1.42 bits per heavy atom. The summed E-state index contributed by atoms with van der Waals surface area (Å²) in [5.41, 5.74) is 2.82. The molecule has 4 aromatic carbocycles. The van der Waals surface area contributed by atoms with Crippen molar-refractivity contribution in [2.45, 2.75) is 143 Å². The molecule has 0 unspecified atom stereocenters. The Balaban J connectivity index is 1.26. The molecule has 17 heteroatoms. The molecule has 5 N–H and O–H groups in total.